The second kappa shape index (κ2) is 5.63. The SMILES string of the molecule is NC(=O)c1ccc(NCC2CCNCC2)nc1. The predicted octanol–water partition coefficient (Wildman–Crippen LogP) is 0.592. The molecule has 0 aromatic carbocycles. The molecular weight excluding hydrogens is 216 g/mol. The number of rotatable bonds is 4. The molecule has 1 amide bonds. The first kappa shape index (κ1) is 11.9. The molecule has 0 bridgehead atoms. The van der Waals surface area contributed by atoms with Gasteiger partial charge in [0.1, 0.15) is 5.82 Å². The van der Waals surface area contributed by atoms with E-state index in [1.54, 1.807) is 12.1 Å². The Bertz CT molecular complexity index is 371. The topological polar surface area (TPSA) is 80.0 Å². The van der Waals surface area contributed by atoms with Crippen molar-refractivity contribution in [3.63, 3.8) is 0 Å². The monoisotopic (exact) mass is 234 g/mol. The minimum Gasteiger partial charge on any atom is -0.370 e. The van der Waals surface area contributed by atoms with E-state index >= 15 is 0 Å². The highest BCUT2D eigenvalue weighted by Crippen LogP contribution is 2.13. The van der Waals surface area contributed by atoms with Crippen molar-refractivity contribution in [2.45, 2.75) is 12.8 Å². The van der Waals surface area contributed by atoms with Gasteiger partial charge in [0.05, 0.1) is 5.56 Å². The van der Waals surface area contributed by atoms with E-state index in [-0.39, 0.29) is 0 Å². The zero-order chi connectivity index (χ0) is 12.1. The van der Waals surface area contributed by atoms with Crippen LogP contribution in [0.1, 0.15) is 23.2 Å². The number of nitrogens with zero attached hydrogens (tertiary/aromatic N) is 1. The highest BCUT2D eigenvalue weighted by molar-refractivity contribution is 5.92. The van der Waals surface area contributed by atoms with Crippen LogP contribution in [0.4, 0.5) is 5.82 Å². The Hall–Kier alpha value is -1.62. The molecule has 0 aliphatic carbocycles. The summed E-state index contributed by atoms with van der Waals surface area (Å²) in [7, 11) is 0. The second-order valence-electron chi connectivity index (χ2n) is 4.37. The van der Waals surface area contributed by atoms with Crippen LogP contribution in [-0.4, -0.2) is 30.5 Å². The number of anilines is 1. The van der Waals surface area contributed by atoms with Gasteiger partial charge in [-0.3, -0.25) is 4.79 Å². The molecule has 1 aromatic rings. The first-order chi connectivity index (χ1) is 8.25. The maximum Gasteiger partial charge on any atom is 0.250 e. The lowest BCUT2D eigenvalue weighted by atomic mass is 9.98. The van der Waals surface area contributed by atoms with E-state index in [0.29, 0.717) is 11.5 Å². The Morgan fingerprint density at radius 2 is 2.24 bits per heavy atom. The minimum absolute atomic E-state index is 0.442. The number of piperidine rings is 1. The van der Waals surface area contributed by atoms with Crippen molar-refractivity contribution in [1.82, 2.24) is 10.3 Å². The van der Waals surface area contributed by atoms with Gasteiger partial charge in [0, 0.05) is 12.7 Å². The molecule has 92 valence electrons. The summed E-state index contributed by atoms with van der Waals surface area (Å²) >= 11 is 0. The van der Waals surface area contributed by atoms with Crippen LogP contribution in [0.25, 0.3) is 0 Å². The Morgan fingerprint density at radius 1 is 1.47 bits per heavy atom. The lowest BCUT2D eigenvalue weighted by molar-refractivity contribution is 0.1000. The Kier molecular flexibility index (Phi) is 3.93. The minimum atomic E-state index is -0.442. The molecule has 0 radical (unpaired) electrons. The molecule has 0 saturated carbocycles. The van der Waals surface area contributed by atoms with Crippen molar-refractivity contribution < 1.29 is 4.79 Å². The van der Waals surface area contributed by atoms with Crippen LogP contribution in [0, 0.1) is 5.92 Å². The third kappa shape index (κ3) is 3.42. The number of nitrogens with one attached hydrogen (secondary N) is 2. The summed E-state index contributed by atoms with van der Waals surface area (Å²) in [4.78, 5) is 15.0. The van der Waals surface area contributed by atoms with Crippen molar-refractivity contribution in [2.75, 3.05) is 25.0 Å². The fraction of sp³-hybridized carbons (Fsp3) is 0.500. The van der Waals surface area contributed by atoms with E-state index in [4.69, 9.17) is 5.73 Å². The summed E-state index contributed by atoms with van der Waals surface area (Å²) in [6.07, 6.45) is 3.91. The van der Waals surface area contributed by atoms with Gasteiger partial charge in [-0.25, -0.2) is 4.98 Å². The lowest BCUT2D eigenvalue weighted by Crippen LogP contribution is -2.31. The fourth-order valence-electron chi connectivity index (χ4n) is 1.98. The van der Waals surface area contributed by atoms with Gasteiger partial charge in [-0.1, -0.05) is 0 Å². The van der Waals surface area contributed by atoms with Gasteiger partial charge in [0.15, 0.2) is 0 Å². The number of carbonyl (C=O) groups excluding carboxylic acids is 1. The number of pyridine rings is 1. The van der Waals surface area contributed by atoms with Gasteiger partial charge in [0.25, 0.3) is 0 Å². The third-order valence-electron chi connectivity index (χ3n) is 3.08. The van der Waals surface area contributed by atoms with E-state index in [1.807, 2.05) is 0 Å². The van der Waals surface area contributed by atoms with Crippen LogP contribution in [0.2, 0.25) is 0 Å². The molecule has 1 aliphatic rings. The summed E-state index contributed by atoms with van der Waals surface area (Å²) < 4.78 is 0. The highest BCUT2D eigenvalue weighted by Gasteiger charge is 2.12. The molecule has 2 rings (SSSR count). The number of amides is 1. The van der Waals surface area contributed by atoms with Crippen LogP contribution in [0.5, 0.6) is 0 Å². The molecule has 1 fully saturated rings. The Labute approximate surface area is 101 Å². The van der Waals surface area contributed by atoms with E-state index in [1.165, 1.54) is 19.0 Å². The molecule has 0 atom stereocenters. The fourth-order valence-corrected chi connectivity index (χ4v) is 1.98. The van der Waals surface area contributed by atoms with Gasteiger partial charge in [-0.2, -0.15) is 0 Å². The molecule has 2 heterocycles. The second-order valence-corrected chi connectivity index (χ2v) is 4.37. The zero-order valence-corrected chi connectivity index (χ0v) is 9.78. The van der Waals surface area contributed by atoms with Gasteiger partial charge in [-0.05, 0) is 44.0 Å². The molecule has 1 saturated heterocycles. The standard InChI is InChI=1S/C12H18N4O/c13-12(17)10-1-2-11(16-8-10)15-7-9-3-5-14-6-4-9/h1-2,8-9,14H,3-7H2,(H2,13,17)(H,15,16). The van der Waals surface area contributed by atoms with Gasteiger partial charge >= 0.3 is 0 Å². The summed E-state index contributed by atoms with van der Waals surface area (Å²) in [6.45, 7) is 3.13. The molecule has 5 heteroatoms. The van der Waals surface area contributed by atoms with Gasteiger partial charge in [-0.15, -0.1) is 0 Å². The number of aromatic nitrogens is 1. The first-order valence-electron chi connectivity index (χ1n) is 5.96. The maximum atomic E-state index is 10.9. The lowest BCUT2D eigenvalue weighted by Gasteiger charge is -2.22. The maximum absolute atomic E-state index is 10.9. The summed E-state index contributed by atoms with van der Waals surface area (Å²) in [5, 5.41) is 6.63. The Morgan fingerprint density at radius 3 is 2.82 bits per heavy atom. The molecule has 1 aromatic heterocycles. The molecule has 1 aliphatic heterocycles. The molecule has 0 spiro atoms. The molecule has 5 nitrogen and oxygen atoms in total. The summed E-state index contributed by atoms with van der Waals surface area (Å²) in [5.41, 5.74) is 5.59. The number of hydrogen-bond donors (Lipinski definition) is 3. The largest absolute Gasteiger partial charge is 0.370 e. The smallest absolute Gasteiger partial charge is 0.250 e. The third-order valence-corrected chi connectivity index (χ3v) is 3.08. The first-order valence-corrected chi connectivity index (χ1v) is 5.96. The summed E-state index contributed by atoms with van der Waals surface area (Å²) in [5.74, 6) is 1.06. The Balaban J connectivity index is 1.84. The van der Waals surface area contributed by atoms with Crippen molar-refractivity contribution in [3.05, 3.63) is 23.9 Å². The van der Waals surface area contributed by atoms with Gasteiger partial charge in [0.2, 0.25) is 5.91 Å². The number of hydrogen-bond acceptors (Lipinski definition) is 4. The average Bonchev–Trinajstić information content (AvgIpc) is 2.38. The van der Waals surface area contributed by atoms with Crippen LogP contribution in [-0.2, 0) is 0 Å². The normalized spacial score (nSPS) is 16.7. The molecule has 17 heavy (non-hydrogen) atoms. The van der Waals surface area contributed by atoms with E-state index in [9.17, 15) is 4.79 Å². The van der Waals surface area contributed by atoms with E-state index in [0.717, 1.165) is 25.5 Å². The zero-order valence-electron chi connectivity index (χ0n) is 9.78. The van der Waals surface area contributed by atoms with Crippen molar-refractivity contribution in [1.29, 1.82) is 0 Å². The predicted molar refractivity (Wildman–Crippen MR) is 66.8 cm³/mol. The van der Waals surface area contributed by atoms with Crippen molar-refractivity contribution >= 4 is 11.7 Å². The van der Waals surface area contributed by atoms with Crippen LogP contribution >= 0.6 is 0 Å². The molecular formula is C12H18N4O. The van der Waals surface area contributed by atoms with Crippen molar-refractivity contribution in [2.24, 2.45) is 11.7 Å². The number of primary amides is 1. The van der Waals surface area contributed by atoms with Crippen LogP contribution < -0.4 is 16.4 Å². The quantitative estimate of drug-likeness (QED) is 0.712. The molecule has 0 unspecified atom stereocenters. The summed E-state index contributed by atoms with van der Waals surface area (Å²) in [6, 6.07) is 3.49. The van der Waals surface area contributed by atoms with E-state index in [2.05, 4.69) is 15.6 Å². The van der Waals surface area contributed by atoms with Crippen molar-refractivity contribution in [3.8, 4) is 0 Å². The highest BCUT2D eigenvalue weighted by atomic mass is 16.1. The average molecular weight is 234 g/mol. The van der Waals surface area contributed by atoms with Gasteiger partial charge < -0.3 is 16.4 Å². The van der Waals surface area contributed by atoms with E-state index < -0.39 is 5.91 Å². The van der Waals surface area contributed by atoms with Crippen LogP contribution in [0.15, 0.2) is 18.3 Å². The number of nitrogens with two attached hydrogens (primary N) is 1. The van der Waals surface area contributed by atoms with Crippen LogP contribution in [0.3, 0.4) is 0 Å². The number of carbonyl (C=O) groups is 1. The molecule has 4 N–H and O–H groups in total.